The molecule has 0 atom stereocenters. The smallest absolute Gasteiger partial charge is 0.253 e. The van der Waals surface area contributed by atoms with Crippen molar-refractivity contribution < 1.29 is 9.59 Å². The molecule has 138 valence electrons. The summed E-state index contributed by atoms with van der Waals surface area (Å²) in [5.74, 6) is -0.141. The van der Waals surface area contributed by atoms with Crippen molar-refractivity contribution in [1.29, 1.82) is 0 Å². The van der Waals surface area contributed by atoms with E-state index in [-0.39, 0.29) is 18.4 Å². The number of rotatable bonds is 9. The van der Waals surface area contributed by atoms with Crippen molar-refractivity contribution in [3.63, 3.8) is 0 Å². The average molecular weight is 353 g/mol. The van der Waals surface area contributed by atoms with Crippen LogP contribution >= 0.6 is 0 Å². The number of nitrogens with one attached hydrogen (secondary N) is 2. The Hall–Kier alpha value is -2.66. The molecule has 5 heteroatoms. The highest BCUT2D eigenvalue weighted by molar-refractivity contribution is 5.97. The lowest BCUT2D eigenvalue weighted by molar-refractivity contribution is -0.115. The molecular formula is C21H27N3O2. The molecule has 0 aliphatic heterocycles. The summed E-state index contributed by atoms with van der Waals surface area (Å²) in [5, 5.41) is 5.98. The molecule has 0 aromatic heterocycles. The summed E-state index contributed by atoms with van der Waals surface area (Å²) >= 11 is 0. The zero-order valence-electron chi connectivity index (χ0n) is 15.5. The molecule has 0 radical (unpaired) electrons. The Morgan fingerprint density at radius 3 is 2.38 bits per heavy atom. The van der Waals surface area contributed by atoms with Gasteiger partial charge in [-0.2, -0.15) is 0 Å². The summed E-state index contributed by atoms with van der Waals surface area (Å²) in [4.78, 5) is 26.2. The third kappa shape index (κ3) is 6.01. The van der Waals surface area contributed by atoms with Gasteiger partial charge in [0.1, 0.15) is 0 Å². The van der Waals surface area contributed by atoms with Gasteiger partial charge in [-0.05, 0) is 50.6 Å². The lowest BCUT2D eigenvalue weighted by Gasteiger charge is -2.19. The molecule has 26 heavy (non-hydrogen) atoms. The minimum absolute atomic E-state index is 0.0212. The maximum atomic E-state index is 12.4. The van der Waals surface area contributed by atoms with E-state index < -0.39 is 0 Å². The number of carbonyl (C=O) groups excluding carboxylic acids is 2. The van der Waals surface area contributed by atoms with Crippen molar-refractivity contribution in [3.8, 4) is 0 Å². The summed E-state index contributed by atoms with van der Waals surface area (Å²) in [6.45, 7) is 6.20. The molecule has 0 heterocycles. The zero-order chi connectivity index (χ0) is 18.8. The summed E-state index contributed by atoms with van der Waals surface area (Å²) in [6.07, 6.45) is 0.877. The number of hydrogen-bond acceptors (Lipinski definition) is 3. The highest BCUT2D eigenvalue weighted by atomic mass is 16.2. The van der Waals surface area contributed by atoms with Crippen LogP contribution in [0.3, 0.4) is 0 Å². The van der Waals surface area contributed by atoms with Crippen LogP contribution in [-0.4, -0.2) is 42.9 Å². The zero-order valence-corrected chi connectivity index (χ0v) is 15.5. The molecule has 0 saturated heterocycles. The maximum Gasteiger partial charge on any atom is 0.253 e. The quantitative estimate of drug-likeness (QED) is 0.682. The monoisotopic (exact) mass is 353 g/mol. The van der Waals surface area contributed by atoms with E-state index in [2.05, 4.69) is 22.8 Å². The van der Waals surface area contributed by atoms with E-state index in [1.54, 1.807) is 29.2 Å². The summed E-state index contributed by atoms with van der Waals surface area (Å²) < 4.78 is 0. The largest absolute Gasteiger partial charge is 0.339 e. The van der Waals surface area contributed by atoms with E-state index in [4.69, 9.17) is 0 Å². The van der Waals surface area contributed by atoms with Crippen molar-refractivity contribution in [2.24, 2.45) is 0 Å². The summed E-state index contributed by atoms with van der Waals surface area (Å²) in [7, 11) is 0. The molecule has 2 aromatic carbocycles. The van der Waals surface area contributed by atoms with Gasteiger partial charge in [-0.1, -0.05) is 36.4 Å². The van der Waals surface area contributed by atoms with E-state index in [0.717, 1.165) is 13.0 Å². The van der Waals surface area contributed by atoms with Crippen LogP contribution in [0, 0.1) is 0 Å². The van der Waals surface area contributed by atoms with E-state index >= 15 is 0 Å². The first-order valence-electron chi connectivity index (χ1n) is 9.07. The third-order valence-electron chi connectivity index (χ3n) is 4.16. The number of amides is 2. The third-order valence-corrected chi connectivity index (χ3v) is 4.16. The van der Waals surface area contributed by atoms with Gasteiger partial charge in [0, 0.05) is 24.3 Å². The Labute approximate surface area is 155 Å². The number of carbonyl (C=O) groups is 2. The molecule has 0 bridgehead atoms. The van der Waals surface area contributed by atoms with Crippen LogP contribution in [0.5, 0.6) is 0 Å². The van der Waals surface area contributed by atoms with Crippen LogP contribution < -0.4 is 10.6 Å². The fraction of sp³-hybridized carbons (Fsp3) is 0.333. The molecule has 2 rings (SSSR count). The number of nitrogens with zero attached hydrogens (tertiary/aromatic N) is 1. The van der Waals surface area contributed by atoms with Crippen molar-refractivity contribution in [2.45, 2.75) is 20.3 Å². The van der Waals surface area contributed by atoms with Crippen LogP contribution in [-0.2, 0) is 11.2 Å². The molecule has 0 aliphatic rings. The number of benzene rings is 2. The second-order valence-corrected chi connectivity index (χ2v) is 6.02. The van der Waals surface area contributed by atoms with Crippen LogP contribution in [0.2, 0.25) is 0 Å². The first-order chi connectivity index (χ1) is 12.6. The second kappa shape index (κ2) is 10.4. The van der Waals surface area contributed by atoms with Gasteiger partial charge in [-0.15, -0.1) is 0 Å². The molecule has 0 unspecified atom stereocenters. The van der Waals surface area contributed by atoms with Gasteiger partial charge in [-0.3, -0.25) is 9.59 Å². The van der Waals surface area contributed by atoms with Gasteiger partial charge in [-0.25, -0.2) is 0 Å². The lowest BCUT2D eigenvalue weighted by atomic mass is 10.1. The second-order valence-electron chi connectivity index (χ2n) is 6.02. The average Bonchev–Trinajstić information content (AvgIpc) is 2.67. The van der Waals surface area contributed by atoms with Gasteiger partial charge < -0.3 is 15.5 Å². The lowest BCUT2D eigenvalue weighted by Crippen LogP contribution is -2.31. The summed E-state index contributed by atoms with van der Waals surface area (Å²) in [6, 6.07) is 17.2. The van der Waals surface area contributed by atoms with Gasteiger partial charge >= 0.3 is 0 Å². The number of anilines is 1. The minimum Gasteiger partial charge on any atom is -0.339 e. The van der Waals surface area contributed by atoms with Crippen molar-refractivity contribution in [2.75, 3.05) is 31.5 Å². The molecule has 2 amide bonds. The Morgan fingerprint density at radius 1 is 0.962 bits per heavy atom. The first-order valence-corrected chi connectivity index (χ1v) is 9.07. The van der Waals surface area contributed by atoms with Crippen LogP contribution in [0.15, 0.2) is 54.6 Å². The van der Waals surface area contributed by atoms with Crippen molar-refractivity contribution in [1.82, 2.24) is 10.2 Å². The molecule has 2 aromatic rings. The van der Waals surface area contributed by atoms with Gasteiger partial charge in [0.25, 0.3) is 5.91 Å². The standard InChI is InChI=1S/C21H27N3O2/c1-3-24(4-2)21(26)18-11-8-12-19(15-18)23-20(25)16-22-14-13-17-9-6-5-7-10-17/h5-12,15,22H,3-4,13-14,16H2,1-2H3,(H,23,25). The Balaban J connectivity index is 1.81. The normalized spacial score (nSPS) is 10.4. The van der Waals surface area contributed by atoms with E-state index in [1.807, 2.05) is 32.0 Å². The Kier molecular flexibility index (Phi) is 7.83. The van der Waals surface area contributed by atoms with E-state index in [9.17, 15) is 9.59 Å². The first kappa shape index (κ1) is 19.7. The topological polar surface area (TPSA) is 61.4 Å². The van der Waals surface area contributed by atoms with Crippen molar-refractivity contribution >= 4 is 17.5 Å². The van der Waals surface area contributed by atoms with Crippen LogP contribution in [0.1, 0.15) is 29.8 Å². The molecular weight excluding hydrogens is 326 g/mol. The van der Waals surface area contributed by atoms with Crippen LogP contribution in [0.25, 0.3) is 0 Å². The molecule has 0 fully saturated rings. The van der Waals surface area contributed by atoms with Gasteiger partial charge in [0.15, 0.2) is 0 Å². The van der Waals surface area contributed by atoms with Gasteiger partial charge in [0.2, 0.25) is 5.91 Å². The highest BCUT2D eigenvalue weighted by Crippen LogP contribution is 2.12. The molecule has 0 aliphatic carbocycles. The molecule has 0 spiro atoms. The Bertz CT molecular complexity index is 712. The SMILES string of the molecule is CCN(CC)C(=O)c1cccc(NC(=O)CNCCc2ccccc2)c1. The van der Waals surface area contributed by atoms with E-state index in [1.165, 1.54) is 5.56 Å². The molecule has 0 saturated carbocycles. The van der Waals surface area contributed by atoms with Gasteiger partial charge in [0.05, 0.1) is 6.54 Å². The predicted molar refractivity (Wildman–Crippen MR) is 105 cm³/mol. The van der Waals surface area contributed by atoms with Crippen molar-refractivity contribution in [3.05, 3.63) is 65.7 Å². The van der Waals surface area contributed by atoms with E-state index in [0.29, 0.717) is 24.3 Å². The fourth-order valence-electron chi connectivity index (χ4n) is 2.71. The van der Waals surface area contributed by atoms with Crippen LogP contribution in [0.4, 0.5) is 5.69 Å². The summed E-state index contributed by atoms with van der Waals surface area (Å²) in [5.41, 5.74) is 2.46. The highest BCUT2D eigenvalue weighted by Gasteiger charge is 2.13. The molecule has 5 nitrogen and oxygen atoms in total. The number of hydrogen-bond donors (Lipinski definition) is 2. The fourth-order valence-corrected chi connectivity index (χ4v) is 2.71. The minimum atomic E-state index is -0.120. The maximum absolute atomic E-state index is 12.4. The Morgan fingerprint density at radius 2 is 1.69 bits per heavy atom. The predicted octanol–water partition coefficient (Wildman–Crippen LogP) is 2.94. The molecule has 2 N–H and O–H groups in total.